The fraction of sp³-hybridized carbons (Fsp3) is 0.500. The number of aldehydes is 1. The Bertz CT molecular complexity index is 869. The average Bonchev–Trinajstić information content (AvgIpc) is 3.12. The van der Waals surface area contributed by atoms with Crippen molar-refractivity contribution in [1.82, 2.24) is 5.32 Å². The van der Waals surface area contributed by atoms with E-state index in [4.69, 9.17) is 4.74 Å². The predicted molar refractivity (Wildman–Crippen MR) is 94.6 cm³/mol. The van der Waals surface area contributed by atoms with Crippen molar-refractivity contribution in [2.75, 3.05) is 18.0 Å². The lowest BCUT2D eigenvalue weighted by molar-refractivity contribution is -0.286. The predicted octanol–water partition coefficient (Wildman–Crippen LogP) is 2.38. The van der Waals surface area contributed by atoms with Crippen LogP contribution in [-0.2, 0) is 9.53 Å². The number of amides is 1. The van der Waals surface area contributed by atoms with Crippen LogP contribution in [0.1, 0.15) is 37.6 Å². The molecule has 158 valence electrons. The van der Waals surface area contributed by atoms with Gasteiger partial charge in [-0.2, -0.15) is 0 Å². The first kappa shape index (κ1) is 20.6. The van der Waals surface area contributed by atoms with E-state index in [1.54, 1.807) is 20.8 Å². The fourth-order valence-electron chi connectivity index (χ4n) is 3.26. The number of carboxylic acid groups (broad SMARTS) is 1. The molecule has 1 aromatic rings. The number of alkyl halides is 2. The number of nitrogens with one attached hydrogen (secondary N) is 1. The van der Waals surface area contributed by atoms with Gasteiger partial charge in [0.1, 0.15) is 5.60 Å². The number of hydrogen-bond donors (Lipinski definition) is 2. The number of rotatable bonds is 4. The van der Waals surface area contributed by atoms with E-state index in [2.05, 4.69) is 14.8 Å². The number of halogens is 2. The molecule has 2 aliphatic heterocycles. The standard InChI is InChI=1S/C18H20F2N2O7/c1-16(2,3)29-15(26)21-17(14(24)25)6-7-22(9-17)11-4-5-12-13(10(11)8-23)28-18(19,20)27-12/h4-5,8H,6-7,9H2,1-3H3,(H,21,26)(H,24,25). The zero-order chi connectivity index (χ0) is 21.6. The zero-order valence-corrected chi connectivity index (χ0v) is 16.0. The van der Waals surface area contributed by atoms with E-state index in [0.29, 0.717) is 6.29 Å². The summed E-state index contributed by atoms with van der Waals surface area (Å²) in [6.45, 7) is 4.84. The van der Waals surface area contributed by atoms with Crippen LogP contribution in [0.2, 0.25) is 0 Å². The molecule has 11 heteroatoms. The molecule has 0 aliphatic carbocycles. The van der Waals surface area contributed by atoms with Gasteiger partial charge in [-0.15, -0.1) is 8.78 Å². The first-order chi connectivity index (χ1) is 13.4. The van der Waals surface area contributed by atoms with Gasteiger partial charge in [0.2, 0.25) is 0 Å². The van der Waals surface area contributed by atoms with Crippen LogP contribution in [0.25, 0.3) is 0 Å². The molecule has 1 amide bonds. The maximum absolute atomic E-state index is 13.4. The van der Waals surface area contributed by atoms with Crippen molar-refractivity contribution in [1.29, 1.82) is 0 Å². The average molecular weight is 414 g/mol. The lowest BCUT2D eigenvalue weighted by Gasteiger charge is -2.29. The fourth-order valence-corrected chi connectivity index (χ4v) is 3.26. The number of carboxylic acids is 1. The summed E-state index contributed by atoms with van der Waals surface area (Å²) in [6, 6.07) is 2.57. The van der Waals surface area contributed by atoms with Crippen LogP contribution in [-0.4, -0.2) is 54.0 Å². The van der Waals surface area contributed by atoms with Crippen molar-refractivity contribution in [2.45, 2.75) is 44.6 Å². The molecule has 2 heterocycles. The van der Waals surface area contributed by atoms with Crippen molar-refractivity contribution in [2.24, 2.45) is 0 Å². The number of alkyl carbamates (subject to hydrolysis) is 1. The van der Waals surface area contributed by atoms with Crippen LogP contribution in [0.15, 0.2) is 12.1 Å². The Morgan fingerprint density at radius 1 is 1.31 bits per heavy atom. The smallest absolute Gasteiger partial charge is 0.479 e. The highest BCUT2D eigenvalue weighted by atomic mass is 19.3. The zero-order valence-electron chi connectivity index (χ0n) is 16.0. The first-order valence-electron chi connectivity index (χ1n) is 8.73. The largest absolute Gasteiger partial charge is 0.586 e. The van der Waals surface area contributed by atoms with Gasteiger partial charge >= 0.3 is 18.4 Å². The van der Waals surface area contributed by atoms with E-state index >= 15 is 0 Å². The minimum atomic E-state index is -3.90. The van der Waals surface area contributed by atoms with E-state index in [-0.39, 0.29) is 36.5 Å². The summed E-state index contributed by atoms with van der Waals surface area (Å²) in [6.07, 6.45) is -4.46. The number of nitrogens with zero attached hydrogens (tertiary/aromatic N) is 1. The molecule has 2 N–H and O–H groups in total. The molecular weight excluding hydrogens is 394 g/mol. The molecule has 1 fully saturated rings. The van der Waals surface area contributed by atoms with Gasteiger partial charge in [0, 0.05) is 13.0 Å². The molecule has 2 aliphatic rings. The lowest BCUT2D eigenvalue weighted by Crippen LogP contribution is -2.57. The number of carbonyl (C=O) groups is 3. The Balaban J connectivity index is 1.87. The number of benzene rings is 1. The van der Waals surface area contributed by atoms with E-state index < -0.39 is 35.2 Å². The second-order valence-corrected chi connectivity index (χ2v) is 7.80. The van der Waals surface area contributed by atoms with E-state index in [0.717, 1.165) is 0 Å². The number of fused-ring (bicyclic) bond motifs is 1. The lowest BCUT2D eigenvalue weighted by atomic mass is 9.99. The van der Waals surface area contributed by atoms with Gasteiger partial charge in [0.05, 0.1) is 17.8 Å². The van der Waals surface area contributed by atoms with Crippen LogP contribution >= 0.6 is 0 Å². The summed E-state index contributed by atoms with van der Waals surface area (Å²) in [7, 11) is 0. The Morgan fingerprint density at radius 2 is 2.00 bits per heavy atom. The van der Waals surface area contributed by atoms with E-state index in [9.17, 15) is 28.3 Å². The highest BCUT2D eigenvalue weighted by Crippen LogP contribution is 2.46. The molecule has 0 aromatic heterocycles. The second-order valence-electron chi connectivity index (χ2n) is 7.80. The summed E-state index contributed by atoms with van der Waals surface area (Å²) < 4.78 is 40.6. The topological polar surface area (TPSA) is 114 Å². The molecule has 1 unspecified atom stereocenters. The molecule has 1 saturated heterocycles. The first-order valence-corrected chi connectivity index (χ1v) is 8.73. The Labute approximate surface area is 164 Å². The minimum absolute atomic E-state index is 0.00444. The molecule has 1 aromatic carbocycles. The third kappa shape index (κ3) is 4.03. The Hall–Kier alpha value is -3.11. The van der Waals surface area contributed by atoms with Gasteiger partial charge in [-0.1, -0.05) is 0 Å². The Kier molecular flexibility index (Phi) is 4.80. The molecule has 0 bridgehead atoms. The molecular formula is C18H20F2N2O7. The van der Waals surface area contributed by atoms with Gasteiger partial charge in [0.15, 0.2) is 23.3 Å². The van der Waals surface area contributed by atoms with Crippen LogP contribution in [0.4, 0.5) is 19.3 Å². The molecule has 0 saturated carbocycles. The van der Waals surface area contributed by atoms with Crippen LogP contribution in [0.3, 0.4) is 0 Å². The summed E-state index contributed by atoms with van der Waals surface area (Å²) in [5, 5.41) is 12.1. The van der Waals surface area contributed by atoms with Crippen molar-refractivity contribution < 1.29 is 42.5 Å². The highest BCUT2D eigenvalue weighted by molar-refractivity contribution is 5.92. The van der Waals surface area contributed by atoms with Crippen molar-refractivity contribution in [3.8, 4) is 11.5 Å². The summed E-state index contributed by atoms with van der Waals surface area (Å²) in [4.78, 5) is 37.1. The molecule has 0 radical (unpaired) electrons. The van der Waals surface area contributed by atoms with Crippen LogP contribution < -0.4 is 19.7 Å². The number of hydrogen-bond acceptors (Lipinski definition) is 7. The quantitative estimate of drug-likeness (QED) is 0.722. The van der Waals surface area contributed by atoms with Crippen molar-refractivity contribution in [3.63, 3.8) is 0 Å². The number of aliphatic carboxylic acids is 1. The number of anilines is 1. The van der Waals surface area contributed by atoms with Crippen molar-refractivity contribution in [3.05, 3.63) is 17.7 Å². The van der Waals surface area contributed by atoms with Gasteiger partial charge in [0.25, 0.3) is 0 Å². The summed E-state index contributed by atoms with van der Waals surface area (Å²) in [5.74, 6) is -2.00. The molecule has 0 spiro atoms. The number of carbonyl (C=O) groups excluding carboxylic acids is 2. The number of ether oxygens (including phenoxy) is 3. The normalized spacial score (nSPS) is 22.3. The van der Waals surface area contributed by atoms with Crippen molar-refractivity contribution >= 4 is 24.0 Å². The maximum atomic E-state index is 13.4. The maximum Gasteiger partial charge on any atom is 0.586 e. The minimum Gasteiger partial charge on any atom is -0.479 e. The van der Waals surface area contributed by atoms with Gasteiger partial charge in [-0.05, 0) is 32.9 Å². The molecule has 3 rings (SSSR count). The molecule has 1 atom stereocenters. The summed E-state index contributed by atoms with van der Waals surface area (Å²) >= 11 is 0. The van der Waals surface area contributed by atoms with Crippen LogP contribution in [0, 0.1) is 0 Å². The third-order valence-electron chi connectivity index (χ3n) is 4.46. The van der Waals surface area contributed by atoms with Crippen LogP contribution in [0.5, 0.6) is 11.5 Å². The monoisotopic (exact) mass is 414 g/mol. The Morgan fingerprint density at radius 3 is 2.59 bits per heavy atom. The van der Waals surface area contributed by atoms with E-state index in [1.807, 2.05) is 0 Å². The van der Waals surface area contributed by atoms with Gasteiger partial charge < -0.3 is 29.5 Å². The SMILES string of the molecule is CC(C)(C)OC(=O)NC1(C(=O)O)CCN(c2ccc3c(c2C=O)OC(F)(F)O3)C1. The van der Waals surface area contributed by atoms with E-state index in [1.165, 1.54) is 17.0 Å². The summed E-state index contributed by atoms with van der Waals surface area (Å²) in [5.41, 5.74) is -2.51. The molecule has 29 heavy (non-hydrogen) atoms. The second kappa shape index (κ2) is 6.75. The third-order valence-corrected chi connectivity index (χ3v) is 4.46. The molecule has 9 nitrogen and oxygen atoms in total. The van der Waals surface area contributed by atoms with Gasteiger partial charge in [-0.25, -0.2) is 9.59 Å². The van der Waals surface area contributed by atoms with Gasteiger partial charge in [-0.3, -0.25) is 4.79 Å². The highest BCUT2D eigenvalue weighted by Gasteiger charge is 2.49.